The van der Waals surface area contributed by atoms with Crippen LogP contribution in [0.25, 0.3) is 0 Å². The maximum Gasteiger partial charge on any atom is 0.335 e. The zero-order chi connectivity index (χ0) is 15.3. The van der Waals surface area contributed by atoms with E-state index in [0.29, 0.717) is 18.9 Å². The molecule has 1 aromatic rings. The fourth-order valence-corrected chi connectivity index (χ4v) is 2.14. The van der Waals surface area contributed by atoms with E-state index in [9.17, 15) is 9.59 Å². The summed E-state index contributed by atoms with van der Waals surface area (Å²) >= 11 is 0. The van der Waals surface area contributed by atoms with Crippen LogP contribution in [0.4, 0.5) is 4.79 Å². The minimum Gasteiger partial charge on any atom is -0.478 e. The van der Waals surface area contributed by atoms with Crippen molar-refractivity contribution in [3.63, 3.8) is 0 Å². The second kappa shape index (κ2) is 6.53. The van der Waals surface area contributed by atoms with Crippen molar-refractivity contribution in [2.75, 3.05) is 13.2 Å². The number of carbonyl (C=O) groups is 2. The Kier molecular flexibility index (Phi) is 4.74. The van der Waals surface area contributed by atoms with Crippen LogP contribution < -0.4 is 10.6 Å². The third-order valence-electron chi connectivity index (χ3n) is 3.51. The molecule has 7 heteroatoms. The van der Waals surface area contributed by atoms with E-state index in [0.717, 1.165) is 12.8 Å². The Bertz CT molecular complexity index is 527. The van der Waals surface area contributed by atoms with Gasteiger partial charge in [0.05, 0.1) is 17.8 Å². The lowest BCUT2D eigenvalue weighted by atomic mass is 9.93. The molecule has 21 heavy (non-hydrogen) atoms. The van der Waals surface area contributed by atoms with Gasteiger partial charge in [0.15, 0.2) is 0 Å². The number of carboxylic acid groups (broad SMARTS) is 1. The first-order valence-electron chi connectivity index (χ1n) is 6.80. The molecule has 0 radical (unpaired) electrons. The molecule has 2 amide bonds. The van der Waals surface area contributed by atoms with Crippen LogP contribution in [0.2, 0.25) is 0 Å². The number of carbonyl (C=O) groups excluding carboxylic acids is 1. The van der Waals surface area contributed by atoms with Gasteiger partial charge in [0.2, 0.25) is 0 Å². The van der Waals surface area contributed by atoms with Crippen LogP contribution in [0, 0.1) is 0 Å². The number of nitrogens with one attached hydrogen (secondary N) is 2. The fourth-order valence-electron chi connectivity index (χ4n) is 2.14. The smallest absolute Gasteiger partial charge is 0.335 e. The average Bonchev–Trinajstić information content (AvgIpc) is 2.46. The number of ether oxygens (including phenoxy) is 1. The van der Waals surface area contributed by atoms with Gasteiger partial charge >= 0.3 is 12.0 Å². The van der Waals surface area contributed by atoms with Crippen molar-refractivity contribution >= 4 is 12.0 Å². The van der Waals surface area contributed by atoms with Gasteiger partial charge in [-0.1, -0.05) is 0 Å². The average molecular weight is 293 g/mol. The van der Waals surface area contributed by atoms with E-state index in [-0.39, 0.29) is 23.7 Å². The third kappa shape index (κ3) is 4.42. The molecule has 1 saturated heterocycles. The normalized spacial score (nSPS) is 17.0. The lowest BCUT2D eigenvalue weighted by molar-refractivity contribution is 0.0492. The molecule has 0 spiro atoms. The van der Waals surface area contributed by atoms with Gasteiger partial charge < -0.3 is 20.5 Å². The molecule has 1 aliphatic rings. The summed E-state index contributed by atoms with van der Waals surface area (Å²) in [7, 11) is 0. The lowest BCUT2D eigenvalue weighted by Crippen LogP contribution is -2.52. The number of nitrogens with zero attached hydrogens (tertiary/aromatic N) is 1. The van der Waals surface area contributed by atoms with Crippen LogP contribution in [0.15, 0.2) is 18.3 Å². The summed E-state index contributed by atoms with van der Waals surface area (Å²) in [5.41, 5.74) is 0.388. The van der Waals surface area contributed by atoms with Crippen LogP contribution in [0.3, 0.4) is 0 Å². The molecule has 2 heterocycles. The van der Waals surface area contributed by atoms with E-state index in [1.165, 1.54) is 18.3 Å². The van der Waals surface area contributed by atoms with Crippen molar-refractivity contribution in [2.45, 2.75) is 31.8 Å². The maximum atomic E-state index is 11.9. The monoisotopic (exact) mass is 293 g/mol. The Morgan fingerprint density at radius 3 is 2.81 bits per heavy atom. The largest absolute Gasteiger partial charge is 0.478 e. The van der Waals surface area contributed by atoms with Crippen LogP contribution >= 0.6 is 0 Å². The summed E-state index contributed by atoms with van der Waals surface area (Å²) in [5, 5.41) is 14.5. The van der Waals surface area contributed by atoms with Crippen LogP contribution in [0.1, 0.15) is 35.8 Å². The summed E-state index contributed by atoms with van der Waals surface area (Å²) in [4.78, 5) is 26.8. The number of carboxylic acids is 1. The zero-order valence-electron chi connectivity index (χ0n) is 11.9. The summed E-state index contributed by atoms with van der Waals surface area (Å²) in [6.45, 7) is 3.44. The van der Waals surface area contributed by atoms with Crippen molar-refractivity contribution in [2.24, 2.45) is 0 Å². The summed E-state index contributed by atoms with van der Waals surface area (Å²) < 4.78 is 5.27. The van der Waals surface area contributed by atoms with Crippen LogP contribution in [0.5, 0.6) is 0 Å². The molecule has 7 nitrogen and oxygen atoms in total. The molecule has 1 aromatic heterocycles. The highest BCUT2D eigenvalue weighted by molar-refractivity contribution is 5.87. The Hall–Kier alpha value is -2.15. The molecule has 0 saturated carbocycles. The highest BCUT2D eigenvalue weighted by atomic mass is 16.5. The number of hydrogen-bond donors (Lipinski definition) is 3. The number of rotatable bonds is 4. The number of aromatic nitrogens is 1. The zero-order valence-corrected chi connectivity index (χ0v) is 11.9. The molecular formula is C14H19N3O4. The SMILES string of the molecule is CC1(NC(=O)NCc2cc(C(=O)O)ccn2)CCOCC1. The third-order valence-corrected chi connectivity index (χ3v) is 3.51. The summed E-state index contributed by atoms with van der Waals surface area (Å²) in [6.07, 6.45) is 2.96. The standard InChI is InChI=1S/C14H19N3O4/c1-14(3-6-21-7-4-14)17-13(20)16-9-11-8-10(12(18)19)2-5-15-11/h2,5,8H,3-4,6-7,9H2,1H3,(H,18,19)(H2,16,17,20). The van der Waals surface area contributed by atoms with Gasteiger partial charge in [0, 0.05) is 24.9 Å². The first-order valence-corrected chi connectivity index (χ1v) is 6.80. The molecule has 0 aliphatic carbocycles. The molecule has 0 aromatic carbocycles. The minimum absolute atomic E-state index is 0.151. The van der Waals surface area contributed by atoms with E-state index in [2.05, 4.69) is 15.6 Å². The van der Waals surface area contributed by atoms with Gasteiger partial charge in [-0.05, 0) is 31.9 Å². The number of pyridine rings is 1. The molecular weight excluding hydrogens is 274 g/mol. The number of hydrogen-bond acceptors (Lipinski definition) is 4. The Morgan fingerprint density at radius 2 is 2.14 bits per heavy atom. The summed E-state index contributed by atoms with van der Waals surface area (Å²) in [6, 6.07) is 2.57. The Balaban J connectivity index is 1.86. The van der Waals surface area contributed by atoms with Gasteiger partial charge in [-0.15, -0.1) is 0 Å². The quantitative estimate of drug-likeness (QED) is 0.773. The molecule has 3 N–H and O–H groups in total. The van der Waals surface area contributed by atoms with Crippen molar-refractivity contribution in [3.8, 4) is 0 Å². The van der Waals surface area contributed by atoms with E-state index >= 15 is 0 Å². The van der Waals surface area contributed by atoms with Crippen molar-refractivity contribution in [1.82, 2.24) is 15.6 Å². The Morgan fingerprint density at radius 1 is 1.43 bits per heavy atom. The van der Waals surface area contributed by atoms with Crippen molar-refractivity contribution in [3.05, 3.63) is 29.6 Å². The van der Waals surface area contributed by atoms with Crippen molar-refractivity contribution < 1.29 is 19.4 Å². The molecule has 1 aliphatic heterocycles. The molecule has 1 fully saturated rings. The first kappa shape index (κ1) is 15.2. The highest BCUT2D eigenvalue weighted by Crippen LogP contribution is 2.19. The van der Waals surface area contributed by atoms with Gasteiger partial charge in [-0.3, -0.25) is 4.98 Å². The first-order chi connectivity index (χ1) is 9.98. The highest BCUT2D eigenvalue weighted by Gasteiger charge is 2.28. The van der Waals surface area contributed by atoms with Crippen LogP contribution in [-0.2, 0) is 11.3 Å². The topological polar surface area (TPSA) is 101 Å². The second-order valence-electron chi connectivity index (χ2n) is 5.32. The fraction of sp³-hybridized carbons (Fsp3) is 0.500. The van der Waals surface area contributed by atoms with Gasteiger partial charge in [-0.2, -0.15) is 0 Å². The predicted molar refractivity (Wildman–Crippen MR) is 75.0 cm³/mol. The molecule has 0 unspecified atom stereocenters. The lowest BCUT2D eigenvalue weighted by Gasteiger charge is -2.34. The van der Waals surface area contributed by atoms with Gasteiger partial charge in [-0.25, -0.2) is 9.59 Å². The van der Waals surface area contributed by atoms with Crippen molar-refractivity contribution in [1.29, 1.82) is 0 Å². The van der Waals surface area contributed by atoms with E-state index in [1.807, 2.05) is 6.92 Å². The molecule has 2 rings (SSSR count). The van der Waals surface area contributed by atoms with Crippen LogP contribution in [-0.4, -0.2) is 40.8 Å². The predicted octanol–water partition coefficient (Wildman–Crippen LogP) is 1.15. The van der Waals surface area contributed by atoms with Gasteiger partial charge in [0.25, 0.3) is 0 Å². The molecule has 114 valence electrons. The number of aromatic carboxylic acids is 1. The van der Waals surface area contributed by atoms with E-state index < -0.39 is 5.97 Å². The van der Waals surface area contributed by atoms with E-state index in [4.69, 9.17) is 9.84 Å². The summed E-state index contributed by atoms with van der Waals surface area (Å²) in [5.74, 6) is -1.02. The maximum absolute atomic E-state index is 11.9. The molecule has 0 bridgehead atoms. The number of amides is 2. The van der Waals surface area contributed by atoms with Gasteiger partial charge in [0.1, 0.15) is 0 Å². The Labute approximate surface area is 122 Å². The molecule has 0 atom stereocenters. The van der Waals surface area contributed by atoms with E-state index in [1.54, 1.807) is 0 Å². The number of urea groups is 1. The minimum atomic E-state index is -1.02. The second-order valence-corrected chi connectivity index (χ2v) is 5.32.